The molecule has 1 aliphatic rings. The molecule has 1 aliphatic heterocycles. The number of hydrogen-bond donors (Lipinski definition) is 0. The van der Waals surface area contributed by atoms with Crippen LogP contribution in [0, 0.1) is 17.0 Å². The Morgan fingerprint density at radius 2 is 1.76 bits per heavy atom. The van der Waals surface area contributed by atoms with E-state index in [9.17, 15) is 10.1 Å². The topological polar surface area (TPSA) is 74.5 Å². The molecular weight excluding hydrogens is 319 g/mol. The summed E-state index contributed by atoms with van der Waals surface area (Å²) < 4.78 is 12.2. The Balaban J connectivity index is 1.99. The second-order valence-electron chi connectivity index (χ2n) is 7.30. The molecule has 1 fully saturated rings. The largest absolute Gasteiger partial charge is 0.494 e. The minimum atomic E-state index is -0.475. The molecule has 0 amide bonds. The summed E-state index contributed by atoms with van der Waals surface area (Å²) in [6.45, 7) is 9.86. The lowest BCUT2D eigenvalue weighted by Crippen LogP contribution is -2.41. The number of benzene rings is 1. The molecule has 0 N–H and O–H groups in total. The maximum atomic E-state index is 11.0. The predicted octanol–water partition coefficient (Wildman–Crippen LogP) is 3.26. The van der Waals surface area contributed by atoms with Crippen LogP contribution in [0.1, 0.15) is 33.4 Å². The van der Waals surface area contributed by atoms with E-state index in [2.05, 4.69) is 4.98 Å². The van der Waals surface area contributed by atoms with Crippen molar-refractivity contribution in [2.75, 3.05) is 0 Å². The van der Waals surface area contributed by atoms with E-state index in [-0.39, 0.29) is 5.69 Å². The van der Waals surface area contributed by atoms with Crippen molar-refractivity contribution in [3.63, 3.8) is 0 Å². The normalized spacial score (nSPS) is 18.4. The third-order valence-electron chi connectivity index (χ3n) is 5.01. The van der Waals surface area contributed by atoms with Crippen LogP contribution in [0.15, 0.2) is 36.5 Å². The lowest BCUT2D eigenvalue weighted by molar-refractivity contribution is -0.385. The molecule has 25 heavy (non-hydrogen) atoms. The first kappa shape index (κ1) is 17.6. The van der Waals surface area contributed by atoms with Gasteiger partial charge >= 0.3 is 7.12 Å². The molecule has 6 nitrogen and oxygen atoms in total. The summed E-state index contributed by atoms with van der Waals surface area (Å²) in [6, 6.07) is 9.23. The van der Waals surface area contributed by atoms with Crippen LogP contribution in [0.3, 0.4) is 0 Å². The van der Waals surface area contributed by atoms with Gasteiger partial charge in [-0.05, 0) is 45.6 Å². The minimum absolute atomic E-state index is 0.0263. The summed E-state index contributed by atoms with van der Waals surface area (Å²) in [5.74, 6) is 0. The highest BCUT2D eigenvalue weighted by Crippen LogP contribution is 2.36. The predicted molar refractivity (Wildman–Crippen MR) is 96.8 cm³/mol. The lowest BCUT2D eigenvalue weighted by Gasteiger charge is -2.32. The maximum Gasteiger partial charge on any atom is 0.494 e. The van der Waals surface area contributed by atoms with Crippen LogP contribution in [0.2, 0.25) is 0 Å². The fourth-order valence-electron chi connectivity index (χ4n) is 2.75. The molecule has 1 saturated heterocycles. The van der Waals surface area contributed by atoms with Crippen molar-refractivity contribution in [2.45, 2.75) is 45.8 Å². The molecule has 3 rings (SSSR count). The fraction of sp³-hybridized carbons (Fsp3) is 0.389. The summed E-state index contributed by atoms with van der Waals surface area (Å²) >= 11 is 0. The maximum absolute atomic E-state index is 11.0. The van der Waals surface area contributed by atoms with Crippen LogP contribution in [-0.4, -0.2) is 28.2 Å². The standard InChI is InChI=1S/C18H21BN2O4/c1-12-16(10-15(11-20-12)21(22)23)13-7-6-8-14(9-13)19-24-17(2,3)18(4,5)25-19/h6-11H,1-5H3. The Hall–Kier alpha value is -2.25. The molecule has 0 unspecified atom stereocenters. The van der Waals surface area contributed by atoms with Gasteiger partial charge in [-0.1, -0.05) is 24.3 Å². The number of aromatic nitrogens is 1. The van der Waals surface area contributed by atoms with Crippen molar-refractivity contribution in [1.29, 1.82) is 0 Å². The van der Waals surface area contributed by atoms with Crippen molar-refractivity contribution in [3.05, 3.63) is 52.3 Å². The zero-order chi connectivity index (χ0) is 18.4. The second kappa shape index (κ2) is 5.93. The van der Waals surface area contributed by atoms with Gasteiger partial charge in [0.1, 0.15) is 6.20 Å². The van der Waals surface area contributed by atoms with E-state index in [0.29, 0.717) is 0 Å². The monoisotopic (exact) mass is 340 g/mol. The molecule has 0 atom stereocenters. The van der Waals surface area contributed by atoms with Crippen LogP contribution >= 0.6 is 0 Å². The minimum Gasteiger partial charge on any atom is -0.399 e. The number of aryl methyl sites for hydroxylation is 1. The fourth-order valence-corrected chi connectivity index (χ4v) is 2.75. The Morgan fingerprint density at radius 3 is 2.36 bits per heavy atom. The Kier molecular flexibility index (Phi) is 4.17. The summed E-state index contributed by atoms with van der Waals surface area (Å²) in [4.78, 5) is 14.7. The van der Waals surface area contributed by atoms with Gasteiger partial charge in [0.05, 0.1) is 16.1 Å². The number of pyridine rings is 1. The summed E-state index contributed by atoms with van der Waals surface area (Å²) in [5.41, 5.74) is 2.32. The van der Waals surface area contributed by atoms with Gasteiger partial charge in [-0.3, -0.25) is 15.1 Å². The van der Waals surface area contributed by atoms with Gasteiger partial charge in [-0.25, -0.2) is 0 Å². The first-order valence-corrected chi connectivity index (χ1v) is 8.18. The molecule has 1 aromatic heterocycles. The molecule has 130 valence electrons. The number of rotatable bonds is 3. The van der Waals surface area contributed by atoms with E-state index >= 15 is 0 Å². The highest BCUT2D eigenvalue weighted by Gasteiger charge is 2.51. The van der Waals surface area contributed by atoms with E-state index in [1.54, 1.807) is 6.07 Å². The Labute approximate surface area is 147 Å². The van der Waals surface area contributed by atoms with E-state index in [1.807, 2.05) is 58.9 Å². The van der Waals surface area contributed by atoms with Gasteiger partial charge in [0.25, 0.3) is 5.69 Å². The van der Waals surface area contributed by atoms with Crippen LogP contribution in [0.5, 0.6) is 0 Å². The molecule has 0 spiro atoms. The molecule has 7 heteroatoms. The summed E-state index contributed by atoms with van der Waals surface area (Å²) in [7, 11) is -0.475. The average molecular weight is 340 g/mol. The second-order valence-corrected chi connectivity index (χ2v) is 7.30. The van der Waals surface area contributed by atoms with Gasteiger partial charge in [0.2, 0.25) is 0 Å². The molecule has 1 aromatic carbocycles. The van der Waals surface area contributed by atoms with Gasteiger partial charge in [-0.2, -0.15) is 0 Å². The quantitative estimate of drug-likeness (QED) is 0.487. The van der Waals surface area contributed by atoms with Crippen molar-refractivity contribution >= 4 is 18.3 Å². The number of hydrogen-bond acceptors (Lipinski definition) is 5. The van der Waals surface area contributed by atoms with Crippen LogP contribution < -0.4 is 5.46 Å². The molecule has 0 saturated carbocycles. The van der Waals surface area contributed by atoms with Crippen LogP contribution in [0.25, 0.3) is 11.1 Å². The molecule has 2 heterocycles. The van der Waals surface area contributed by atoms with E-state index < -0.39 is 23.2 Å². The van der Waals surface area contributed by atoms with Crippen LogP contribution in [0.4, 0.5) is 5.69 Å². The third kappa shape index (κ3) is 3.17. The van der Waals surface area contributed by atoms with E-state index in [4.69, 9.17) is 9.31 Å². The zero-order valence-electron chi connectivity index (χ0n) is 15.1. The third-order valence-corrected chi connectivity index (χ3v) is 5.01. The van der Waals surface area contributed by atoms with Crippen molar-refractivity contribution in [1.82, 2.24) is 4.98 Å². The molecule has 0 bridgehead atoms. The molecular formula is C18H21BN2O4. The lowest BCUT2D eigenvalue weighted by atomic mass is 9.78. The van der Waals surface area contributed by atoms with Crippen LogP contribution in [-0.2, 0) is 9.31 Å². The first-order valence-electron chi connectivity index (χ1n) is 8.18. The van der Waals surface area contributed by atoms with Crippen molar-refractivity contribution in [2.24, 2.45) is 0 Å². The Bertz CT molecular complexity index is 820. The van der Waals surface area contributed by atoms with Crippen molar-refractivity contribution in [3.8, 4) is 11.1 Å². The van der Waals surface area contributed by atoms with Crippen molar-refractivity contribution < 1.29 is 14.2 Å². The number of nitrogens with zero attached hydrogens (tertiary/aromatic N) is 2. The van der Waals surface area contributed by atoms with Gasteiger partial charge in [0.15, 0.2) is 0 Å². The van der Waals surface area contributed by atoms with Gasteiger partial charge in [-0.15, -0.1) is 0 Å². The molecule has 2 aromatic rings. The highest BCUT2D eigenvalue weighted by molar-refractivity contribution is 6.62. The smallest absolute Gasteiger partial charge is 0.399 e. The molecule has 0 aliphatic carbocycles. The van der Waals surface area contributed by atoms with Gasteiger partial charge in [0, 0.05) is 17.3 Å². The summed E-state index contributed by atoms with van der Waals surface area (Å²) in [5, 5.41) is 11.0. The molecule has 0 radical (unpaired) electrons. The highest BCUT2D eigenvalue weighted by atomic mass is 16.7. The SMILES string of the molecule is Cc1ncc([N+](=O)[O-])cc1-c1cccc(B2OC(C)(C)C(C)(C)O2)c1. The Morgan fingerprint density at radius 1 is 1.12 bits per heavy atom. The number of nitro groups is 1. The van der Waals surface area contributed by atoms with E-state index in [0.717, 1.165) is 22.3 Å². The average Bonchev–Trinajstić information content (AvgIpc) is 2.76. The van der Waals surface area contributed by atoms with E-state index in [1.165, 1.54) is 6.20 Å². The first-order chi connectivity index (χ1) is 11.6. The van der Waals surface area contributed by atoms with Gasteiger partial charge < -0.3 is 9.31 Å². The zero-order valence-corrected chi connectivity index (χ0v) is 15.1. The summed E-state index contributed by atoms with van der Waals surface area (Å²) in [6.07, 6.45) is 1.27.